The summed E-state index contributed by atoms with van der Waals surface area (Å²) < 4.78 is 5.48. The summed E-state index contributed by atoms with van der Waals surface area (Å²) in [6.07, 6.45) is 3.37. The van der Waals surface area contributed by atoms with Crippen molar-refractivity contribution in [1.29, 1.82) is 0 Å². The first kappa shape index (κ1) is 16.3. The fraction of sp³-hybridized carbons (Fsp3) is 0.846. The number of thiocarbonyl (C=S) groups is 1. The molecule has 1 atom stereocenters. The van der Waals surface area contributed by atoms with Gasteiger partial charge < -0.3 is 20.5 Å². The number of carbonyl (C=O) groups excluding carboxylic acids is 1. The van der Waals surface area contributed by atoms with Crippen molar-refractivity contribution < 1.29 is 14.6 Å². The summed E-state index contributed by atoms with van der Waals surface area (Å²) in [4.78, 5) is 14.5. The summed E-state index contributed by atoms with van der Waals surface area (Å²) in [6, 6.07) is 0. The lowest BCUT2D eigenvalue weighted by Crippen LogP contribution is -2.46. The molecule has 6 heteroatoms. The zero-order chi connectivity index (χ0) is 14.3. The van der Waals surface area contributed by atoms with E-state index in [1.807, 2.05) is 11.8 Å². The number of ether oxygens (including phenoxy) is 1. The van der Waals surface area contributed by atoms with Crippen LogP contribution in [0.2, 0.25) is 0 Å². The molecular weight excluding hydrogens is 264 g/mol. The highest BCUT2D eigenvalue weighted by atomic mass is 32.1. The van der Waals surface area contributed by atoms with Gasteiger partial charge in [-0.15, -0.1) is 0 Å². The van der Waals surface area contributed by atoms with Gasteiger partial charge in [0.15, 0.2) is 0 Å². The van der Waals surface area contributed by atoms with Gasteiger partial charge in [0, 0.05) is 13.1 Å². The highest BCUT2D eigenvalue weighted by molar-refractivity contribution is 7.80. The van der Waals surface area contributed by atoms with Gasteiger partial charge >= 0.3 is 0 Å². The van der Waals surface area contributed by atoms with Crippen LogP contribution in [0.1, 0.15) is 32.6 Å². The maximum Gasteiger partial charge on any atom is 0.232 e. The number of aliphatic hydroxyl groups is 1. The van der Waals surface area contributed by atoms with Crippen LogP contribution in [-0.4, -0.2) is 53.3 Å². The Bertz CT molecular complexity index is 304. The van der Waals surface area contributed by atoms with Gasteiger partial charge in [-0.25, -0.2) is 0 Å². The largest absolute Gasteiger partial charge is 0.394 e. The number of amides is 1. The molecule has 1 heterocycles. The fourth-order valence-corrected chi connectivity index (χ4v) is 2.58. The summed E-state index contributed by atoms with van der Waals surface area (Å²) in [5.41, 5.74) is 5.65. The molecule has 19 heavy (non-hydrogen) atoms. The molecule has 1 rings (SSSR count). The molecule has 110 valence electrons. The molecule has 5 nitrogen and oxygen atoms in total. The lowest BCUT2D eigenvalue weighted by atomic mass is 9.99. The minimum Gasteiger partial charge on any atom is -0.394 e. The van der Waals surface area contributed by atoms with Crippen LogP contribution in [0, 0.1) is 5.92 Å². The minimum atomic E-state index is -0.324. The van der Waals surface area contributed by atoms with Gasteiger partial charge in [-0.1, -0.05) is 25.6 Å². The second-order valence-corrected chi connectivity index (χ2v) is 5.33. The summed E-state index contributed by atoms with van der Waals surface area (Å²) in [5, 5.41) is 8.71. The third-order valence-electron chi connectivity index (χ3n) is 3.42. The normalized spacial score (nSPS) is 18.3. The number of nitrogens with two attached hydrogens (primary N) is 1. The second-order valence-electron chi connectivity index (χ2n) is 4.86. The lowest BCUT2D eigenvalue weighted by Gasteiger charge is -2.34. The summed E-state index contributed by atoms with van der Waals surface area (Å²) >= 11 is 4.99. The topological polar surface area (TPSA) is 75.8 Å². The average molecular weight is 288 g/mol. The van der Waals surface area contributed by atoms with Crippen LogP contribution in [0.5, 0.6) is 0 Å². The van der Waals surface area contributed by atoms with Gasteiger partial charge in [-0.2, -0.15) is 0 Å². The standard InChI is InChI=1S/C13H24N2O3S/c1-2-3-11(12(14)19)13(17)15-6-4-10(5-7-15)18-9-8-16/h10-11,16H,2-9H2,1H3,(H2,14,19). The van der Waals surface area contributed by atoms with Gasteiger partial charge in [-0.3, -0.25) is 4.79 Å². The van der Waals surface area contributed by atoms with Crippen molar-refractivity contribution in [3.05, 3.63) is 0 Å². The van der Waals surface area contributed by atoms with Crippen molar-refractivity contribution >= 4 is 23.1 Å². The van der Waals surface area contributed by atoms with E-state index in [0.29, 0.717) is 24.7 Å². The quantitative estimate of drug-likeness (QED) is 0.674. The molecule has 0 aromatic rings. The van der Waals surface area contributed by atoms with E-state index in [-0.39, 0.29) is 24.5 Å². The fourth-order valence-electron chi connectivity index (χ4n) is 2.36. The molecule has 0 spiro atoms. The lowest BCUT2D eigenvalue weighted by molar-refractivity contribution is -0.136. The van der Waals surface area contributed by atoms with Crippen LogP contribution in [0.3, 0.4) is 0 Å². The molecule has 1 fully saturated rings. The smallest absolute Gasteiger partial charge is 0.232 e. The maximum absolute atomic E-state index is 12.3. The molecule has 1 saturated heterocycles. The summed E-state index contributed by atoms with van der Waals surface area (Å²) in [7, 11) is 0. The van der Waals surface area contributed by atoms with Gasteiger partial charge in [0.1, 0.15) is 0 Å². The van der Waals surface area contributed by atoms with Crippen molar-refractivity contribution in [1.82, 2.24) is 4.90 Å². The van der Waals surface area contributed by atoms with Crippen LogP contribution in [0.15, 0.2) is 0 Å². The van der Waals surface area contributed by atoms with Gasteiger partial charge in [0.25, 0.3) is 0 Å². The predicted octanol–water partition coefficient (Wildman–Crippen LogP) is 0.689. The van der Waals surface area contributed by atoms with Crippen LogP contribution in [0.4, 0.5) is 0 Å². The van der Waals surface area contributed by atoms with E-state index in [0.717, 1.165) is 25.7 Å². The van der Waals surface area contributed by atoms with Crippen LogP contribution < -0.4 is 5.73 Å². The van der Waals surface area contributed by atoms with Crippen LogP contribution in [0.25, 0.3) is 0 Å². The number of aliphatic hydroxyl groups excluding tert-OH is 1. The SMILES string of the molecule is CCCC(C(=O)N1CCC(OCCO)CC1)C(N)=S. The highest BCUT2D eigenvalue weighted by Crippen LogP contribution is 2.18. The van der Waals surface area contributed by atoms with Gasteiger partial charge in [-0.05, 0) is 19.3 Å². The molecule has 0 saturated carbocycles. The van der Waals surface area contributed by atoms with E-state index < -0.39 is 0 Å². The first-order chi connectivity index (χ1) is 9.10. The van der Waals surface area contributed by atoms with E-state index >= 15 is 0 Å². The molecule has 0 aromatic heterocycles. The van der Waals surface area contributed by atoms with Crippen molar-refractivity contribution in [2.75, 3.05) is 26.3 Å². The van der Waals surface area contributed by atoms with E-state index in [9.17, 15) is 4.79 Å². The van der Waals surface area contributed by atoms with Gasteiger partial charge in [0.2, 0.25) is 5.91 Å². The zero-order valence-electron chi connectivity index (χ0n) is 11.5. The number of carbonyl (C=O) groups is 1. The molecule has 1 amide bonds. The van der Waals surface area contributed by atoms with E-state index in [2.05, 4.69) is 0 Å². The van der Waals surface area contributed by atoms with E-state index in [4.69, 9.17) is 27.8 Å². The Morgan fingerprint density at radius 3 is 2.63 bits per heavy atom. The number of nitrogens with zero attached hydrogens (tertiary/aromatic N) is 1. The zero-order valence-corrected chi connectivity index (χ0v) is 12.3. The molecule has 3 N–H and O–H groups in total. The molecule has 1 aliphatic heterocycles. The van der Waals surface area contributed by atoms with Gasteiger partial charge in [0.05, 0.1) is 30.2 Å². The Morgan fingerprint density at radius 2 is 2.16 bits per heavy atom. The van der Waals surface area contributed by atoms with Crippen molar-refractivity contribution in [2.24, 2.45) is 11.7 Å². The molecule has 1 unspecified atom stereocenters. The monoisotopic (exact) mass is 288 g/mol. The third-order valence-corrected chi connectivity index (χ3v) is 3.70. The second kappa shape index (κ2) is 8.45. The Labute approximate surface area is 120 Å². The Hall–Kier alpha value is -0.720. The summed E-state index contributed by atoms with van der Waals surface area (Å²) in [5.74, 6) is -0.273. The molecule has 0 aliphatic carbocycles. The molecule has 0 radical (unpaired) electrons. The third kappa shape index (κ3) is 5.04. The molecule has 0 aromatic carbocycles. The Kier molecular flexibility index (Phi) is 7.27. The molecular formula is C13H24N2O3S. The first-order valence-corrected chi connectivity index (χ1v) is 7.31. The molecule has 1 aliphatic rings. The Morgan fingerprint density at radius 1 is 1.53 bits per heavy atom. The number of hydrogen-bond acceptors (Lipinski definition) is 4. The van der Waals surface area contributed by atoms with Crippen LogP contribution in [-0.2, 0) is 9.53 Å². The number of likely N-dealkylation sites (tertiary alicyclic amines) is 1. The van der Waals surface area contributed by atoms with Crippen molar-refractivity contribution in [3.8, 4) is 0 Å². The highest BCUT2D eigenvalue weighted by Gasteiger charge is 2.29. The maximum atomic E-state index is 12.3. The first-order valence-electron chi connectivity index (χ1n) is 6.90. The van der Waals surface area contributed by atoms with E-state index in [1.54, 1.807) is 0 Å². The van der Waals surface area contributed by atoms with Crippen molar-refractivity contribution in [2.45, 2.75) is 38.7 Å². The number of piperidine rings is 1. The average Bonchev–Trinajstić information content (AvgIpc) is 2.42. The minimum absolute atomic E-state index is 0.0408. The number of rotatable bonds is 7. The van der Waals surface area contributed by atoms with Crippen LogP contribution >= 0.6 is 12.2 Å². The summed E-state index contributed by atoms with van der Waals surface area (Å²) in [6.45, 7) is 3.78. The van der Waals surface area contributed by atoms with E-state index in [1.165, 1.54) is 0 Å². The predicted molar refractivity (Wildman–Crippen MR) is 77.8 cm³/mol. The number of hydrogen-bond donors (Lipinski definition) is 2. The molecule has 0 bridgehead atoms. The Balaban J connectivity index is 2.45. The van der Waals surface area contributed by atoms with Crippen molar-refractivity contribution in [3.63, 3.8) is 0 Å².